The molecule has 0 heterocycles. The smallest absolute Gasteiger partial charge is 0.236 e. The summed E-state index contributed by atoms with van der Waals surface area (Å²) >= 11 is 0. The molecule has 16 heavy (non-hydrogen) atoms. The van der Waals surface area contributed by atoms with Gasteiger partial charge in [-0.2, -0.15) is 0 Å². The summed E-state index contributed by atoms with van der Waals surface area (Å²) in [5.41, 5.74) is 4.89. The van der Waals surface area contributed by atoms with Crippen molar-refractivity contribution >= 4 is 11.7 Å². The molecule has 2 aliphatic carbocycles. The van der Waals surface area contributed by atoms with Crippen molar-refractivity contribution in [1.82, 2.24) is 4.90 Å². The Kier molecular flexibility index (Phi) is 2.56. The summed E-state index contributed by atoms with van der Waals surface area (Å²) in [6.07, 6.45) is 3.80. The number of hydrogen-bond acceptors (Lipinski definition) is 3. The number of carbonyl (C=O) groups excluding carboxylic acids is 1. The Hall–Kier alpha value is -1.26. The maximum atomic E-state index is 12.3. The van der Waals surface area contributed by atoms with Crippen LogP contribution in [-0.2, 0) is 4.79 Å². The Morgan fingerprint density at radius 1 is 1.56 bits per heavy atom. The molecule has 0 bridgehead atoms. The zero-order chi connectivity index (χ0) is 11.9. The number of rotatable bonds is 4. The second-order valence-electron chi connectivity index (χ2n) is 5.06. The maximum Gasteiger partial charge on any atom is 0.236 e. The van der Waals surface area contributed by atoms with E-state index in [1.165, 1.54) is 12.8 Å². The number of nitrogens with zero attached hydrogens (tertiary/aromatic N) is 2. The van der Waals surface area contributed by atoms with Gasteiger partial charge in [0.15, 0.2) is 5.84 Å². The highest BCUT2D eigenvalue weighted by Crippen LogP contribution is 2.48. The lowest BCUT2D eigenvalue weighted by Gasteiger charge is -2.28. The highest BCUT2D eigenvalue weighted by molar-refractivity contribution is 6.09. The van der Waals surface area contributed by atoms with Crippen molar-refractivity contribution in [1.29, 1.82) is 0 Å². The molecule has 2 rings (SSSR count). The summed E-state index contributed by atoms with van der Waals surface area (Å²) in [6, 6.07) is 0.261. The van der Waals surface area contributed by atoms with Gasteiger partial charge in [0.25, 0.3) is 0 Å². The third-order valence-electron chi connectivity index (χ3n) is 3.99. The first-order chi connectivity index (χ1) is 7.53. The molecular weight excluding hydrogens is 206 g/mol. The minimum atomic E-state index is -0.702. The molecule has 3 N–H and O–H groups in total. The fourth-order valence-electron chi connectivity index (χ4n) is 2.22. The van der Waals surface area contributed by atoms with Crippen molar-refractivity contribution in [3.05, 3.63) is 0 Å². The minimum absolute atomic E-state index is 0.00204. The molecule has 90 valence electrons. The van der Waals surface area contributed by atoms with Crippen molar-refractivity contribution in [3.8, 4) is 0 Å². The predicted molar refractivity (Wildman–Crippen MR) is 60.0 cm³/mol. The van der Waals surface area contributed by atoms with Gasteiger partial charge in [0.1, 0.15) is 5.41 Å². The molecular formula is C11H19N3O2. The Labute approximate surface area is 95.3 Å². The van der Waals surface area contributed by atoms with Crippen LogP contribution in [-0.4, -0.2) is 34.9 Å². The molecule has 2 fully saturated rings. The largest absolute Gasteiger partial charge is 0.409 e. The number of oxime groups is 1. The van der Waals surface area contributed by atoms with Crippen LogP contribution in [0.4, 0.5) is 0 Å². The molecule has 0 aromatic heterocycles. The molecule has 0 aromatic carbocycles. The average molecular weight is 225 g/mol. The van der Waals surface area contributed by atoms with E-state index in [9.17, 15) is 4.79 Å². The van der Waals surface area contributed by atoms with E-state index in [-0.39, 0.29) is 17.8 Å². The van der Waals surface area contributed by atoms with Gasteiger partial charge in [0.05, 0.1) is 0 Å². The van der Waals surface area contributed by atoms with Gasteiger partial charge in [-0.3, -0.25) is 4.79 Å². The molecule has 1 unspecified atom stereocenters. The van der Waals surface area contributed by atoms with Gasteiger partial charge < -0.3 is 15.8 Å². The monoisotopic (exact) mass is 225 g/mol. The van der Waals surface area contributed by atoms with E-state index in [0.29, 0.717) is 18.8 Å². The summed E-state index contributed by atoms with van der Waals surface area (Å²) in [5.74, 6) is 0.701. The molecule has 5 heteroatoms. The molecule has 1 amide bonds. The van der Waals surface area contributed by atoms with Crippen LogP contribution < -0.4 is 5.73 Å². The lowest BCUT2D eigenvalue weighted by Crippen LogP contribution is -2.46. The Bertz CT molecular complexity index is 332. The number of amidine groups is 1. The van der Waals surface area contributed by atoms with Gasteiger partial charge in [0, 0.05) is 13.1 Å². The standard InChI is InChI=1S/C11H19N3O2/c1-7(8-3-4-8)14(2)10(15)11(5-6-11)9(12)13-16/h7-8,16H,3-6H2,1-2H3,(H2,12,13). The predicted octanol–water partition coefficient (Wildman–Crippen LogP) is 0.770. The molecule has 0 saturated heterocycles. The highest BCUT2D eigenvalue weighted by atomic mass is 16.4. The number of nitrogens with two attached hydrogens (primary N) is 1. The van der Waals surface area contributed by atoms with Crippen LogP contribution in [0.25, 0.3) is 0 Å². The molecule has 5 nitrogen and oxygen atoms in total. The van der Waals surface area contributed by atoms with Crippen LogP contribution in [0.15, 0.2) is 5.16 Å². The zero-order valence-corrected chi connectivity index (χ0v) is 9.81. The van der Waals surface area contributed by atoms with Crippen LogP contribution in [0, 0.1) is 11.3 Å². The molecule has 2 aliphatic rings. The first-order valence-corrected chi connectivity index (χ1v) is 5.78. The first kappa shape index (κ1) is 11.2. The van der Waals surface area contributed by atoms with Crippen molar-refractivity contribution in [3.63, 3.8) is 0 Å². The zero-order valence-electron chi connectivity index (χ0n) is 9.81. The van der Waals surface area contributed by atoms with Gasteiger partial charge in [-0.05, 0) is 38.5 Å². The normalized spacial score (nSPS) is 25.0. The van der Waals surface area contributed by atoms with E-state index in [0.717, 1.165) is 0 Å². The molecule has 2 saturated carbocycles. The summed E-state index contributed by atoms with van der Waals surface area (Å²) in [4.78, 5) is 14.0. The van der Waals surface area contributed by atoms with Crippen LogP contribution in [0.2, 0.25) is 0 Å². The fraction of sp³-hybridized carbons (Fsp3) is 0.818. The van der Waals surface area contributed by atoms with Crippen LogP contribution in [0.3, 0.4) is 0 Å². The average Bonchev–Trinajstić information content (AvgIpc) is 3.17. The van der Waals surface area contributed by atoms with E-state index >= 15 is 0 Å². The van der Waals surface area contributed by atoms with Gasteiger partial charge in [0.2, 0.25) is 5.91 Å². The molecule has 0 aromatic rings. The number of hydrogen-bond donors (Lipinski definition) is 2. The van der Waals surface area contributed by atoms with Crippen LogP contribution in [0.1, 0.15) is 32.6 Å². The number of carbonyl (C=O) groups is 1. The van der Waals surface area contributed by atoms with Crippen LogP contribution in [0.5, 0.6) is 0 Å². The molecule has 0 radical (unpaired) electrons. The van der Waals surface area contributed by atoms with Gasteiger partial charge in [-0.1, -0.05) is 5.16 Å². The summed E-state index contributed by atoms with van der Waals surface area (Å²) in [7, 11) is 1.82. The maximum absolute atomic E-state index is 12.3. The third-order valence-corrected chi connectivity index (χ3v) is 3.99. The van der Waals surface area contributed by atoms with Gasteiger partial charge in [-0.25, -0.2) is 0 Å². The van der Waals surface area contributed by atoms with E-state index in [1.807, 2.05) is 7.05 Å². The minimum Gasteiger partial charge on any atom is -0.409 e. The van der Waals surface area contributed by atoms with Crippen molar-refractivity contribution in [2.75, 3.05) is 7.05 Å². The highest BCUT2D eigenvalue weighted by Gasteiger charge is 2.56. The van der Waals surface area contributed by atoms with Crippen molar-refractivity contribution in [2.45, 2.75) is 38.6 Å². The summed E-state index contributed by atoms with van der Waals surface area (Å²) < 4.78 is 0. The lowest BCUT2D eigenvalue weighted by molar-refractivity contribution is -0.135. The van der Waals surface area contributed by atoms with E-state index in [1.54, 1.807) is 4.90 Å². The molecule has 0 spiro atoms. The van der Waals surface area contributed by atoms with Crippen molar-refractivity contribution < 1.29 is 10.0 Å². The summed E-state index contributed by atoms with van der Waals surface area (Å²) in [5, 5.41) is 11.7. The Balaban J connectivity index is 2.07. The quantitative estimate of drug-likeness (QED) is 0.321. The van der Waals surface area contributed by atoms with E-state index < -0.39 is 5.41 Å². The van der Waals surface area contributed by atoms with Crippen LogP contribution >= 0.6 is 0 Å². The topological polar surface area (TPSA) is 78.9 Å². The van der Waals surface area contributed by atoms with E-state index in [4.69, 9.17) is 10.9 Å². The van der Waals surface area contributed by atoms with E-state index in [2.05, 4.69) is 12.1 Å². The second-order valence-corrected chi connectivity index (χ2v) is 5.06. The van der Waals surface area contributed by atoms with Crippen molar-refractivity contribution in [2.24, 2.45) is 22.2 Å². The molecule has 0 aliphatic heterocycles. The summed E-state index contributed by atoms with van der Waals surface area (Å²) in [6.45, 7) is 2.07. The van der Waals surface area contributed by atoms with Gasteiger partial charge in [-0.15, -0.1) is 0 Å². The number of amides is 1. The van der Waals surface area contributed by atoms with Gasteiger partial charge >= 0.3 is 0 Å². The molecule has 1 atom stereocenters. The Morgan fingerprint density at radius 3 is 2.50 bits per heavy atom. The fourth-order valence-corrected chi connectivity index (χ4v) is 2.22. The SMILES string of the molecule is CC(C1CC1)N(C)C(=O)C1(C(N)=NO)CC1. The second kappa shape index (κ2) is 3.64. The third kappa shape index (κ3) is 1.64. The first-order valence-electron chi connectivity index (χ1n) is 5.78. The lowest BCUT2D eigenvalue weighted by atomic mass is 10.0. The Morgan fingerprint density at radius 2 is 2.12 bits per heavy atom.